The number of carbonyl (C=O) groups is 1. The Hall–Kier alpha value is -1.59. The van der Waals surface area contributed by atoms with Crippen molar-refractivity contribution in [3.8, 4) is 5.75 Å². The lowest BCUT2D eigenvalue weighted by Crippen LogP contribution is -2.34. The van der Waals surface area contributed by atoms with E-state index in [2.05, 4.69) is 5.32 Å². The second kappa shape index (κ2) is 6.22. The number of aryl methyl sites for hydroxylation is 1. The van der Waals surface area contributed by atoms with E-state index in [1.165, 1.54) is 14.2 Å². The lowest BCUT2D eigenvalue weighted by molar-refractivity contribution is -0.0974. The van der Waals surface area contributed by atoms with Gasteiger partial charge in [0, 0.05) is 14.2 Å². The molecule has 1 aromatic carbocycles. The second-order valence-corrected chi connectivity index (χ2v) is 3.63. The molecule has 17 heavy (non-hydrogen) atoms. The van der Waals surface area contributed by atoms with Gasteiger partial charge in [0.1, 0.15) is 5.75 Å². The largest absolute Gasteiger partial charge is 0.507 e. The van der Waals surface area contributed by atoms with Crippen molar-refractivity contribution >= 4 is 5.91 Å². The minimum absolute atomic E-state index is 0.0334. The molecule has 1 rings (SSSR count). The number of aromatic hydroxyl groups is 1. The average Bonchev–Trinajstić information content (AvgIpc) is 2.30. The van der Waals surface area contributed by atoms with Crippen LogP contribution in [0, 0.1) is 6.92 Å². The summed E-state index contributed by atoms with van der Waals surface area (Å²) in [5, 5.41) is 12.2. The van der Waals surface area contributed by atoms with Crippen LogP contribution in [0.25, 0.3) is 0 Å². The van der Waals surface area contributed by atoms with Gasteiger partial charge < -0.3 is 19.9 Å². The lowest BCUT2D eigenvalue weighted by Gasteiger charge is -2.14. The Morgan fingerprint density at radius 3 is 2.59 bits per heavy atom. The molecule has 5 nitrogen and oxygen atoms in total. The first-order valence-corrected chi connectivity index (χ1v) is 5.22. The Kier molecular flexibility index (Phi) is 4.93. The molecule has 0 aromatic heterocycles. The van der Waals surface area contributed by atoms with Crippen molar-refractivity contribution in [1.29, 1.82) is 0 Å². The highest BCUT2D eigenvalue weighted by molar-refractivity contribution is 5.96. The molecule has 0 aliphatic carbocycles. The maximum atomic E-state index is 11.7. The number of phenolic OH excluding ortho intramolecular Hbond substituents is 1. The lowest BCUT2D eigenvalue weighted by atomic mass is 10.1. The summed E-state index contributed by atoms with van der Waals surface area (Å²) < 4.78 is 9.87. The van der Waals surface area contributed by atoms with E-state index in [9.17, 15) is 9.90 Å². The van der Waals surface area contributed by atoms with Crippen molar-refractivity contribution in [2.45, 2.75) is 13.2 Å². The molecule has 1 aromatic rings. The zero-order chi connectivity index (χ0) is 12.8. The van der Waals surface area contributed by atoms with Crippen molar-refractivity contribution in [3.63, 3.8) is 0 Å². The van der Waals surface area contributed by atoms with E-state index in [4.69, 9.17) is 9.47 Å². The fourth-order valence-corrected chi connectivity index (χ4v) is 1.37. The first kappa shape index (κ1) is 13.5. The monoisotopic (exact) mass is 239 g/mol. The summed E-state index contributed by atoms with van der Waals surface area (Å²) in [4.78, 5) is 11.7. The van der Waals surface area contributed by atoms with Gasteiger partial charge in [-0.2, -0.15) is 0 Å². The summed E-state index contributed by atoms with van der Waals surface area (Å²) in [7, 11) is 2.98. The van der Waals surface area contributed by atoms with Gasteiger partial charge in [0.05, 0.1) is 12.1 Å². The smallest absolute Gasteiger partial charge is 0.255 e. The number of amides is 1. The Balaban J connectivity index is 2.64. The summed E-state index contributed by atoms with van der Waals surface area (Å²) in [5.41, 5.74) is 1.13. The molecular formula is C12H17NO4. The van der Waals surface area contributed by atoms with Gasteiger partial charge in [-0.1, -0.05) is 6.07 Å². The van der Waals surface area contributed by atoms with Gasteiger partial charge in [-0.25, -0.2) is 0 Å². The zero-order valence-corrected chi connectivity index (χ0v) is 10.2. The van der Waals surface area contributed by atoms with E-state index >= 15 is 0 Å². The fraction of sp³-hybridized carbons (Fsp3) is 0.417. The number of phenols is 1. The number of rotatable bonds is 5. The Bertz CT molecular complexity index is 388. The van der Waals surface area contributed by atoms with Crippen LogP contribution in [0.15, 0.2) is 18.2 Å². The molecule has 0 bridgehead atoms. The van der Waals surface area contributed by atoms with Gasteiger partial charge in [-0.05, 0) is 24.6 Å². The molecule has 0 saturated heterocycles. The van der Waals surface area contributed by atoms with E-state index in [0.29, 0.717) is 0 Å². The van der Waals surface area contributed by atoms with Gasteiger partial charge in [0.15, 0.2) is 6.29 Å². The summed E-state index contributed by atoms with van der Waals surface area (Å²) in [6.07, 6.45) is -0.494. The SMILES string of the molecule is COC(CNC(=O)c1ccc(C)cc1O)OC. The number of methoxy groups -OCH3 is 2. The first-order chi connectivity index (χ1) is 8.08. The molecule has 0 spiro atoms. The molecule has 0 aliphatic heterocycles. The minimum atomic E-state index is -0.494. The van der Waals surface area contributed by atoms with Gasteiger partial charge >= 0.3 is 0 Å². The normalized spacial score (nSPS) is 10.6. The van der Waals surface area contributed by atoms with E-state index in [0.717, 1.165) is 5.56 Å². The topological polar surface area (TPSA) is 67.8 Å². The predicted molar refractivity (Wildman–Crippen MR) is 63.0 cm³/mol. The van der Waals surface area contributed by atoms with Crippen molar-refractivity contribution in [2.24, 2.45) is 0 Å². The molecule has 94 valence electrons. The minimum Gasteiger partial charge on any atom is -0.507 e. The third-order valence-corrected chi connectivity index (χ3v) is 2.35. The van der Waals surface area contributed by atoms with Gasteiger partial charge in [-0.15, -0.1) is 0 Å². The number of ether oxygens (including phenoxy) is 2. The van der Waals surface area contributed by atoms with Gasteiger partial charge in [-0.3, -0.25) is 4.79 Å². The highest BCUT2D eigenvalue weighted by Gasteiger charge is 2.13. The number of nitrogens with one attached hydrogen (secondary N) is 1. The van der Waals surface area contributed by atoms with Crippen LogP contribution in [0.2, 0.25) is 0 Å². The molecule has 1 amide bonds. The number of carbonyl (C=O) groups excluding carboxylic acids is 1. The van der Waals surface area contributed by atoms with E-state index in [1.54, 1.807) is 18.2 Å². The van der Waals surface area contributed by atoms with Crippen molar-refractivity contribution in [1.82, 2.24) is 5.32 Å². The van der Waals surface area contributed by atoms with E-state index in [-0.39, 0.29) is 23.8 Å². The summed E-state index contributed by atoms with van der Waals surface area (Å²) in [5.74, 6) is -0.393. The summed E-state index contributed by atoms with van der Waals surface area (Å²) in [6, 6.07) is 4.88. The predicted octanol–water partition coefficient (Wildman–Crippen LogP) is 1.05. The maximum Gasteiger partial charge on any atom is 0.255 e. The van der Waals surface area contributed by atoms with E-state index < -0.39 is 6.29 Å². The number of hydrogen-bond donors (Lipinski definition) is 2. The van der Waals surface area contributed by atoms with Crippen molar-refractivity contribution < 1.29 is 19.4 Å². The van der Waals surface area contributed by atoms with Crippen LogP contribution in [0.4, 0.5) is 0 Å². The molecule has 0 atom stereocenters. The van der Waals surface area contributed by atoms with Crippen LogP contribution in [-0.4, -0.2) is 38.1 Å². The van der Waals surface area contributed by atoms with Crippen LogP contribution >= 0.6 is 0 Å². The quantitative estimate of drug-likeness (QED) is 0.754. The summed E-state index contributed by atoms with van der Waals surface area (Å²) >= 11 is 0. The Morgan fingerprint density at radius 2 is 2.06 bits per heavy atom. The number of hydrogen-bond acceptors (Lipinski definition) is 4. The molecular weight excluding hydrogens is 222 g/mol. The maximum absolute atomic E-state index is 11.7. The molecule has 0 unspecified atom stereocenters. The fourth-order valence-electron chi connectivity index (χ4n) is 1.37. The molecule has 0 radical (unpaired) electrons. The standard InChI is InChI=1S/C12H17NO4/c1-8-4-5-9(10(14)6-8)12(15)13-7-11(16-2)17-3/h4-6,11,14H,7H2,1-3H3,(H,13,15). The Labute approximate surface area is 100 Å². The zero-order valence-electron chi connectivity index (χ0n) is 10.2. The Morgan fingerprint density at radius 1 is 1.41 bits per heavy atom. The second-order valence-electron chi connectivity index (χ2n) is 3.63. The highest BCUT2D eigenvalue weighted by Crippen LogP contribution is 2.17. The van der Waals surface area contributed by atoms with E-state index in [1.807, 2.05) is 6.92 Å². The van der Waals surface area contributed by atoms with Crippen molar-refractivity contribution in [2.75, 3.05) is 20.8 Å². The number of benzene rings is 1. The van der Waals surface area contributed by atoms with Crippen LogP contribution in [0.1, 0.15) is 15.9 Å². The highest BCUT2D eigenvalue weighted by atomic mass is 16.7. The van der Waals surface area contributed by atoms with Crippen LogP contribution in [0.3, 0.4) is 0 Å². The van der Waals surface area contributed by atoms with Crippen LogP contribution in [-0.2, 0) is 9.47 Å². The molecule has 5 heteroatoms. The molecule has 0 heterocycles. The molecule has 0 aliphatic rings. The van der Waals surface area contributed by atoms with Crippen molar-refractivity contribution in [3.05, 3.63) is 29.3 Å². The summed E-state index contributed by atoms with van der Waals surface area (Å²) in [6.45, 7) is 2.06. The molecule has 0 saturated carbocycles. The van der Waals surface area contributed by atoms with Gasteiger partial charge in [0.2, 0.25) is 0 Å². The molecule has 0 fully saturated rings. The van der Waals surface area contributed by atoms with Gasteiger partial charge in [0.25, 0.3) is 5.91 Å². The van der Waals surface area contributed by atoms with Crippen LogP contribution < -0.4 is 5.32 Å². The average molecular weight is 239 g/mol. The first-order valence-electron chi connectivity index (χ1n) is 5.22. The third kappa shape index (κ3) is 3.72. The van der Waals surface area contributed by atoms with Crippen LogP contribution in [0.5, 0.6) is 5.75 Å². The third-order valence-electron chi connectivity index (χ3n) is 2.35. The molecule has 2 N–H and O–H groups in total.